The number of nitrogens with two attached hydrogens (primary N) is 1. The summed E-state index contributed by atoms with van der Waals surface area (Å²) in [5.74, 6) is -0.422. The number of carbonyl (C=O) groups excluding carboxylic acids is 1. The molecule has 0 spiro atoms. The number of morpholine rings is 1. The van der Waals surface area contributed by atoms with Gasteiger partial charge in [-0.25, -0.2) is 0 Å². The van der Waals surface area contributed by atoms with Gasteiger partial charge in [-0.3, -0.25) is 9.69 Å². The minimum Gasteiger partial charge on any atom is -0.395 e. The summed E-state index contributed by atoms with van der Waals surface area (Å²) >= 11 is 0. The van der Waals surface area contributed by atoms with Crippen LogP contribution in [-0.4, -0.2) is 53.9 Å². The lowest BCUT2D eigenvalue weighted by molar-refractivity contribution is -0.145. The highest BCUT2D eigenvalue weighted by molar-refractivity contribution is 5.79. The molecule has 3 atom stereocenters. The van der Waals surface area contributed by atoms with Crippen LogP contribution in [-0.2, 0) is 9.53 Å². The van der Waals surface area contributed by atoms with Gasteiger partial charge in [0.05, 0.1) is 12.7 Å². The maximum Gasteiger partial charge on any atom is 0.247 e. The SMILES string of the molecule is CCCC[C@@H](CO)N1CC(C)OC(C(N)=O)C1. The second-order valence-corrected chi connectivity index (χ2v) is 4.77. The van der Waals surface area contributed by atoms with Crippen LogP contribution in [0.3, 0.4) is 0 Å². The monoisotopic (exact) mass is 244 g/mol. The van der Waals surface area contributed by atoms with E-state index in [1.54, 1.807) is 0 Å². The molecule has 0 aromatic rings. The summed E-state index contributed by atoms with van der Waals surface area (Å²) < 4.78 is 5.48. The quantitative estimate of drug-likeness (QED) is 0.695. The van der Waals surface area contributed by atoms with Crippen molar-refractivity contribution in [2.24, 2.45) is 5.73 Å². The summed E-state index contributed by atoms with van der Waals surface area (Å²) in [6.45, 7) is 5.42. The second-order valence-electron chi connectivity index (χ2n) is 4.77. The van der Waals surface area contributed by atoms with Crippen molar-refractivity contribution in [2.45, 2.75) is 51.4 Å². The van der Waals surface area contributed by atoms with Crippen molar-refractivity contribution in [1.82, 2.24) is 4.90 Å². The number of aliphatic hydroxyl groups is 1. The van der Waals surface area contributed by atoms with Gasteiger partial charge in [0.2, 0.25) is 5.91 Å². The van der Waals surface area contributed by atoms with Crippen molar-refractivity contribution < 1.29 is 14.6 Å². The first-order chi connectivity index (χ1) is 8.08. The van der Waals surface area contributed by atoms with Crippen LogP contribution in [0.4, 0.5) is 0 Å². The van der Waals surface area contributed by atoms with Crippen LogP contribution in [0.2, 0.25) is 0 Å². The van der Waals surface area contributed by atoms with Crippen molar-refractivity contribution in [3.05, 3.63) is 0 Å². The molecule has 1 aliphatic heterocycles. The zero-order valence-electron chi connectivity index (χ0n) is 10.8. The summed E-state index contributed by atoms with van der Waals surface area (Å²) in [5.41, 5.74) is 5.28. The Morgan fingerprint density at radius 1 is 1.59 bits per heavy atom. The first-order valence-corrected chi connectivity index (χ1v) is 6.38. The molecule has 0 aromatic heterocycles. The Bertz CT molecular complexity index is 248. The van der Waals surface area contributed by atoms with Crippen LogP contribution < -0.4 is 5.73 Å². The standard InChI is InChI=1S/C12H24N2O3/c1-3-4-5-10(8-15)14-6-9(2)17-11(7-14)12(13)16/h9-11,15H,3-8H2,1-2H3,(H2,13,16)/t9?,10-,11?/m0/s1. The Kier molecular flexibility index (Phi) is 5.88. The van der Waals surface area contributed by atoms with Crippen molar-refractivity contribution in [2.75, 3.05) is 19.7 Å². The lowest BCUT2D eigenvalue weighted by Crippen LogP contribution is -2.55. The van der Waals surface area contributed by atoms with Crippen molar-refractivity contribution >= 4 is 5.91 Å². The minimum atomic E-state index is -0.547. The average molecular weight is 244 g/mol. The van der Waals surface area contributed by atoms with E-state index in [1.165, 1.54) is 0 Å². The predicted octanol–water partition coefficient (Wildman–Crippen LogP) is 0.112. The van der Waals surface area contributed by atoms with E-state index in [2.05, 4.69) is 11.8 Å². The molecule has 1 rings (SSSR count). The molecular weight excluding hydrogens is 220 g/mol. The number of unbranched alkanes of at least 4 members (excludes halogenated alkanes) is 1. The molecule has 1 amide bonds. The van der Waals surface area contributed by atoms with Gasteiger partial charge in [0, 0.05) is 19.1 Å². The molecule has 0 bridgehead atoms. The molecule has 1 saturated heterocycles. The number of aliphatic hydroxyl groups excluding tert-OH is 1. The highest BCUT2D eigenvalue weighted by Gasteiger charge is 2.32. The highest BCUT2D eigenvalue weighted by Crippen LogP contribution is 2.17. The van der Waals surface area contributed by atoms with E-state index in [-0.39, 0.29) is 18.8 Å². The number of hydrogen-bond acceptors (Lipinski definition) is 4. The molecule has 100 valence electrons. The molecule has 1 fully saturated rings. The first kappa shape index (κ1) is 14.4. The largest absolute Gasteiger partial charge is 0.395 e. The van der Waals surface area contributed by atoms with E-state index in [1.807, 2.05) is 6.92 Å². The lowest BCUT2D eigenvalue weighted by Gasteiger charge is -2.39. The van der Waals surface area contributed by atoms with E-state index in [0.29, 0.717) is 6.54 Å². The average Bonchev–Trinajstić information content (AvgIpc) is 2.29. The van der Waals surface area contributed by atoms with Crippen molar-refractivity contribution in [3.63, 3.8) is 0 Å². The van der Waals surface area contributed by atoms with E-state index in [0.717, 1.165) is 25.8 Å². The molecule has 3 N–H and O–H groups in total. The molecule has 2 unspecified atom stereocenters. The normalized spacial score (nSPS) is 27.9. The Morgan fingerprint density at radius 3 is 2.82 bits per heavy atom. The van der Waals surface area contributed by atoms with Crippen LogP contribution in [0.5, 0.6) is 0 Å². The smallest absolute Gasteiger partial charge is 0.247 e. The Hall–Kier alpha value is -0.650. The van der Waals surface area contributed by atoms with Gasteiger partial charge in [0.15, 0.2) is 0 Å². The molecule has 1 heterocycles. The number of nitrogens with zero attached hydrogens (tertiary/aromatic N) is 1. The lowest BCUT2D eigenvalue weighted by atomic mass is 10.1. The first-order valence-electron chi connectivity index (χ1n) is 6.38. The zero-order chi connectivity index (χ0) is 12.8. The fraction of sp³-hybridized carbons (Fsp3) is 0.917. The molecule has 5 heteroatoms. The van der Waals surface area contributed by atoms with Gasteiger partial charge < -0.3 is 15.6 Å². The Balaban J connectivity index is 2.57. The Morgan fingerprint density at radius 2 is 2.29 bits per heavy atom. The molecule has 5 nitrogen and oxygen atoms in total. The highest BCUT2D eigenvalue weighted by atomic mass is 16.5. The maximum atomic E-state index is 11.2. The van der Waals surface area contributed by atoms with Gasteiger partial charge in [-0.1, -0.05) is 19.8 Å². The molecule has 1 aliphatic rings. The van der Waals surface area contributed by atoms with E-state index < -0.39 is 12.0 Å². The van der Waals surface area contributed by atoms with Crippen LogP contribution in [0, 0.1) is 0 Å². The third kappa shape index (κ3) is 4.26. The number of amides is 1. The molecule has 0 saturated carbocycles. The fourth-order valence-electron chi connectivity index (χ4n) is 2.27. The molecule has 0 aliphatic carbocycles. The third-order valence-electron chi connectivity index (χ3n) is 3.22. The van der Waals surface area contributed by atoms with Gasteiger partial charge in [0.25, 0.3) is 0 Å². The third-order valence-corrected chi connectivity index (χ3v) is 3.22. The molecule has 17 heavy (non-hydrogen) atoms. The molecule has 0 radical (unpaired) electrons. The summed E-state index contributed by atoms with van der Waals surface area (Å²) in [4.78, 5) is 13.3. The van der Waals surface area contributed by atoms with Crippen LogP contribution >= 0.6 is 0 Å². The van der Waals surface area contributed by atoms with Crippen LogP contribution in [0.15, 0.2) is 0 Å². The summed E-state index contributed by atoms with van der Waals surface area (Å²) in [6.07, 6.45) is 2.57. The van der Waals surface area contributed by atoms with Crippen molar-refractivity contribution in [1.29, 1.82) is 0 Å². The minimum absolute atomic E-state index is 0.0167. The number of rotatable bonds is 6. The van der Waals surface area contributed by atoms with E-state index in [9.17, 15) is 9.90 Å². The number of primary amides is 1. The van der Waals surface area contributed by atoms with Gasteiger partial charge in [-0.05, 0) is 13.3 Å². The summed E-state index contributed by atoms with van der Waals surface area (Å²) in [7, 11) is 0. The maximum absolute atomic E-state index is 11.2. The second kappa shape index (κ2) is 6.93. The topological polar surface area (TPSA) is 75.8 Å². The van der Waals surface area contributed by atoms with Crippen LogP contribution in [0.25, 0.3) is 0 Å². The molecular formula is C12H24N2O3. The number of carbonyl (C=O) groups is 1. The van der Waals surface area contributed by atoms with Crippen molar-refractivity contribution in [3.8, 4) is 0 Å². The van der Waals surface area contributed by atoms with Gasteiger partial charge in [-0.15, -0.1) is 0 Å². The molecule has 0 aromatic carbocycles. The number of ether oxygens (including phenoxy) is 1. The Labute approximate surface area is 103 Å². The van der Waals surface area contributed by atoms with E-state index >= 15 is 0 Å². The summed E-state index contributed by atoms with van der Waals surface area (Å²) in [5, 5.41) is 9.42. The zero-order valence-corrected chi connectivity index (χ0v) is 10.8. The predicted molar refractivity (Wildman–Crippen MR) is 65.5 cm³/mol. The summed E-state index contributed by atoms with van der Waals surface area (Å²) in [6, 6.07) is 0.114. The van der Waals surface area contributed by atoms with Gasteiger partial charge in [0.1, 0.15) is 6.10 Å². The van der Waals surface area contributed by atoms with Crippen LogP contribution in [0.1, 0.15) is 33.1 Å². The van der Waals surface area contributed by atoms with E-state index in [4.69, 9.17) is 10.5 Å². The fourth-order valence-corrected chi connectivity index (χ4v) is 2.27. The van der Waals surface area contributed by atoms with Gasteiger partial charge >= 0.3 is 0 Å². The number of hydrogen-bond donors (Lipinski definition) is 2. The van der Waals surface area contributed by atoms with Gasteiger partial charge in [-0.2, -0.15) is 0 Å².